The van der Waals surface area contributed by atoms with Gasteiger partial charge in [-0.2, -0.15) is 5.48 Å². The van der Waals surface area contributed by atoms with Gasteiger partial charge < -0.3 is 15.4 Å². The molecule has 0 aliphatic heterocycles. The number of amides is 3. The average molecular weight is 402 g/mol. The minimum Gasteiger partial charge on any atom is -0.442 e. The van der Waals surface area contributed by atoms with Crippen LogP contribution in [0.1, 0.15) is 68.7 Å². The van der Waals surface area contributed by atoms with Crippen LogP contribution in [0, 0.1) is 16.7 Å². The van der Waals surface area contributed by atoms with Crippen LogP contribution in [0.2, 0.25) is 0 Å². The average Bonchev–Trinajstić information content (AvgIpc) is 2.45. The SMILES string of the molecule is CC(C)(C)CC(C(=O)NCCNC(=O)CONC(=O)OC(C)(C)C)C(C)(C)C. The predicted octanol–water partition coefficient (Wildman–Crippen LogP) is 2.77. The number of hydrogen-bond acceptors (Lipinski definition) is 5. The van der Waals surface area contributed by atoms with Crippen LogP contribution in [-0.2, 0) is 19.2 Å². The van der Waals surface area contributed by atoms with E-state index in [1.54, 1.807) is 20.8 Å². The molecule has 8 heteroatoms. The number of ether oxygens (including phenoxy) is 1. The summed E-state index contributed by atoms with van der Waals surface area (Å²) in [5.41, 5.74) is 1.29. The van der Waals surface area contributed by atoms with Crippen LogP contribution >= 0.6 is 0 Å². The lowest BCUT2D eigenvalue weighted by Gasteiger charge is -2.34. The zero-order valence-corrected chi connectivity index (χ0v) is 18.9. The van der Waals surface area contributed by atoms with Crippen molar-refractivity contribution in [3.05, 3.63) is 0 Å². The van der Waals surface area contributed by atoms with E-state index in [-0.39, 0.29) is 35.8 Å². The van der Waals surface area contributed by atoms with Gasteiger partial charge in [-0.25, -0.2) is 4.79 Å². The van der Waals surface area contributed by atoms with Gasteiger partial charge in [-0.15, -0.1) is 0 Å². The smallest absolute Gasteiger partial charge is 0.431 e. The fraction of sp³-hybridized carbons (Fsp3) is 0.850. The third kappa shape index (κ3) is 13.4. The van der Waals surface area contributed by atoms with Crippen LogP contribution in [0.4, 0.5) is 4.79 Å². The molecule has 1 unspecified atom stereocenters. The third-order valence-electron chi connectivity index (χ3n) is 3.68. The van der Waals surface area contributed by atoms with Crippen LogP contribution in [0.3, 0.4) is 0 Å². The Morgan fingerprint density at radius 1 is 0.857 bits per heavy atom. The Balaban J connectivity index is 4.17. The maximum atomic E-state index is 12.6. The molecule has 0 bridgehead atoms. The molecule has 28 heavy (non-hydrogen) atoms. The molecule has 0 rings (SSSR count). The van der Waals surface area contributed by atoms with Gasteiger partial charge in [0.1, 0.15) is 5.60 Å². The number of carbonyl (C=O) groups is 3. The summed E-state index contributed by atoms with van der Waals surface area (Å²) in [6, 6.07) is 0. The zero-order valence-electron chi connectivity index (χ0n) is 18.9. The molecule has 0 fully saturated rings. The molecule has 3 amide bonds. The van der Waals surface area contributed by atoms with Crippen molar-refractivity contribution in [1.82, 2.24) is 16.1 Å². The minimum absolute atomic E-state index is 0.0143. The summed E-state index contributed by atoms with van der Waals surface area (Å²) in [5.74, 6) is -0.545. The molecule has 0 saturated heterocycles. The van der Waals surface area contributed by atoms with Gasteiger partial charge in [-0.3, -0.25) is 14.4 Å². The summed E-state index contributed by atoms with van der Waals surface area (Å²) < 4.78 is 4.97. The van der Waals surface area contributed by atoms with E-state index in [1.165, 1.54) is 0 Å². The highest BCUT2D eigenvalue weighted by Crippen LogP contribution is 2.36. The molecule has 0 saturated carbocycles. The van der Waals surface area contributed by atoms with Crippen molar-refractivity contribution in [1.29, 1.82) is 0 Å². The normalized spacial score (nSPS) is 13.5. The van der Waals surface area contributed by atoms with Crippen LogP contribution < -0.4 is 16.1 Å². The molecular weight excluding hydrogens is 362 g/mol. The Morgan fingerprint density at radius 3 is 1.86 bits per heavy atom. The van der Waals surface area contributed by atoms with E-state index in [4.69, 9.17) is 9.57 Å². The first-order valence-electron chi connectivity index (χ1n) is 9.66. The number of carbonyl (C=O) groups excluding carboxylic acids is 3. The van der Waals surface area contributed by atoms with Crippen LogP contribution in [0.15, 0.2) is 0 Å². The molecule has 0 aliphatic rings. The van der Waals surface area contributed by atoms with E-state index in [9.17, 15) is 14.4 Å². The molecule has 0 spiro atoms. The number of nitrogens with one attached hydrogen (secondary N) is 3. The van der Waals surface area contributed by atoms with Gasteiger partial charge in [0.25, 0.3) is 0 Å². The maximum Gasteiger partial charge on any atom is 0.431 e. The maximum absolute atomic E-state index is 12.6. The summed E-state index contributed by atoms with van der Waals surface area (Å²) in [5, 5.41) is 5.50. The molecule has 0 aromatic rings. The molecule has 0 radical (unpaired) electrons. The van der Waals surface area contributed by atoms with Crippen molar-refractivity contribution >= 4 is 17.9 Å². The number of rotatable bonds is 8. The molecular formula is C20H39N3O5. The summed E-state index contributed by atoms with van der Waals surface area (Å²) in [7, 11) is 0. The molecule has 0 aromatic carbocycles. The number of hydroxylamine groups is 1. The van der Waals surface area contributed by atoms with Crippen molar-refractivity contribution in [2.45, 2.75) is 74.3 Å². The summed E-state index contributed by atoms with van der Waals surface area (Å²) >= 11 is 0. The van der Waals surface area contributed by atoms with Crippen LogP contribution in [0.5, 0.6) is 0 Å². The van der Waals surface area contributed by atoms with Crippen molar-refractivity contribution < 1.29 is 24.0 Å². The van der Waals surface area contributed by atoms with E-state index < -0.39 is 17.6 Å². The third-order valence-corrected chi connectivity index (χ3v) is 3.68. The first-order valence-corrected chi connectivity index (χ1v) is 9.66. The van der Waals surface area contributed by atoms with Gasteiger partial charge in [0.05, 0.1) is 0 Å². The summed E-state index contributed by atoms with van der Waals surface area (Å²) in [6.45, 7) is 17.9. The monoisotopic (exact) mass is 401 g/mol. The minimum atomic E-state index is -0.764. The second-order valence-corrected chi connectivity index (χ2v) is 10.2. The number of hydrogen-bond donors (Lipinski definition) is 3. The summed E-state index contributed by atoms with van der Waals surface area (Å²) in [6.07, 6.45) is 0.0124. The topological polar surface area (TPSA) is 106 Å². The van der Waals surface area contributed by atoms with Crippen LogP contribution in [-0.4, -0.2) is 43.2 Å². The first-order chi connectivity index (χ1) is 12.5. The van der Waals surface area contributed by atoms with Crippen molar-refractivity contribution in [3.63, 3.8) is 0 Å². The molecule has 1 atom stereocenters. The standard InChI is InChI=1S/C20H39N3O5/c1-18(2,3)12-14(19(4,5)6)16(25)22-11-10-21-15(24)13-27-23-17(26)28-20(7,8)9/h14H,10-13H2,1-9H3,(H,21,24)(H,22,25)(H,23,26). The largest absolute Gasteiger partial charge is 0.442 e. The molecule has 0 aromatic heterocycles. The Labute approximate surface area is 169 Å². The molecule has 8 nitrogen and oxygen atoms in total. The van der Waals surface area contributed by atoms with E-state index in [2.05, 4.69) is 52.2 Å². The second-order valence-electron chi connectivity index (χ2n) is 10.2. The predicted molar refractivity (Wildman–Crippen MR) is 108 cm³/mol. The van der Waals surface area contributed by atoms with E-state index in [0.29, 0.717) is 6.54 Å². The highest BCUT2D eigenvalue weighted by Gasteiger charge is 2.34. The molecule has 0 heterocycles. The van der Waals surface area contributed by atoms with Gasteiger partial charge in [0.2, 0.25) is 11.8 Å². The van der Waals surface area contributed by atoms with E-state index in [1.807, 2.05) is 5.48 Å². The zero-order chi connectivity index (χ0) is 22.2. The Kier molecular flexibility index (Phi) is 9.95. The molecule has 3 N–H and O–H groups in total. The Hall–Kier alpha value is -1.83. The lowest BCUT2D eigenvalue weighted by atomic mass is 9.71. The Morgan fingerprint density at radius 2 is 1.39 bits per heavy atom. The van der Waals surface area contributed by atoms with Crippen molar-refractivity contribution in [3.8, 4) is 0 Å². The van der Waals surface area contributed by atoms with E-state index >= 15 is 0 Å². The summed E-state index contributed by atoms with van der Waals surface area (Å²) in [4.78, 5) is 40.4. The van der Waals surface area contributed by atoms with Gasteiger partial charge >= 0.3 is 6.09 Å². The molecule has 0 aliphatic carbocycles. The van der Waals surface area contributed by atoms with E-state index in [0.717, 1.165) is 6.42 Å². The van der Waals surface area contributed by atoms with Crippen molar-refractivity contribution in [2.24, 2.45) is 16.7 Å². The quantitative estimate of drug-likeness (QED) is 0.428. The fourth-order valence-electron chi connectivity index (χ4n) is 2.43. The van der Waals surface area contributed by atoms with Crippen molar-refractivity contribution in [2.75, 3.05) is 19.7 Å². The lowest BCUT2D eigenvalue weighted by Crippen LogP contribution is -2.43. The van der Waals surface area contributed by atoms with Crippen LogP contribution in [0.25, 0.3) is 0 Å². The second kappa shape index (κ2) is 10.6. The van der Waals surface area contributed by atoms with Gasteiger partial charge in [0.15, 0.2) is 6.61 Å². The van der Waals surface area contributed by atoms with Gasteiger partial charge in [-0.05, 0) is 38.0 Å². The fourth-order valence-corrected chi connectivity index (χ4v) is 2.43. The molecule has 164 valence electrons. The highest BCUT2D eigenvalue weighted by atomic mass is 16.7. The van der Waals surface area contributed by atoms with Gasteiger partial charge in [0, 0.05) is 19.0 Å². The van der Waals surface area contributed by atoms with Gasteiger partial charge in [-0.1, -0.05) is 41.5 Å². The first kappa shape index (κ1) is 26.2. The highest BCUT2D eigenvalue weighted by molar-refractivity contribution is 5.80. The lowest BCUT2D eigenvalue weighted by molar-refractivity contribution is -0.130. The Bertz CT molecular complexity index is 527.